The summed E-state index contributed by atoms with van der Waals surface area (Å²) >= 11 is 0. The van der Waals surface area contributed by atoms with E-state index >= 15 is 0 Å². The Hall–Kier alpha value is -1.43. The van der Waals surface area contributed by atoms with E-state index in [4.69, 9.17) is 6.57 Å². The maximum Gasteiger partial charge on any atom is 0.239 e. The number of hydrogen-bond acceptors (Lipinski definition) is 0. The lowest BCUT2D eigenvalue weighted by Gasteiger charge is -1.92. The molecule has 0 unspecified atom stereocenters. The van der Waals surface area contributed by atoms with Crippen molar-refractivity contribution in [1.29, 1.82) is 0 Å². The third kappa shape index (κ3) is 2.01. The fourth-order valence-corrected chi connectivity index (χ4v) is 0.794. The van der Waals surface area contributed by atoms with Crippen molar-refractivity contribution in [1.82, 2.24) is 0 Å². The van der Waals surface area contributed by atoms with Crippen LogP contribution < -0.4 is 0 Å². The van der Waals surface area contributed by atoms with Gasteiger partial charge in [-0.25, -0.2) is 15.4 Å². The van der Waals surface area contributed by atoms with Crippen LogP contribution >= 0.6 is 0 Å². The van der Waals surface area contributed by atoms with Crippen molar-refractivity contribution in [3.05, 3.63) is 46.8 Å². The van der Waals surface area contributed by atoms with Crippen molar-refractivity contribution >= 4 is 0 Å². The van der Waals surface area contributed by atoms with Gasteiger partial charge in [0.1, 0.15) is 11.6 Å². The van der Waals surface area contributed by atoms with E-state index < -0.39 is 11.6 Å². The molecule has 0 atom stereocenters. The lowest BCUT2D eigenvalue weighted by Crippen LogP contribution is -1.85. The zero-order chi connectivity index (χ0) is 8.27. The van der Waals surface area contributed by atoms with E-state index in [1.54, 1.807) is 0 Å². The van der Waals surface area contributed by atoms with E-state index in [0.717, 1.165) is 18.2 Å². The minimum absolute atomic E-state index is 0.0225. The Morgan fingerprint density at radius 3 is 2.18 bits per heavy atom. The van der Waals surface area contributed by atoms with Gasteiger partial charge in [0, 0.05) is 11.6 Å². The van der Waals surface area contributed by atoms with Gasteiger partial charge in [0.15, 0.2) is 0 Å². The molecule has 3 heteroatoms. The van der Waals surface area contributed by atoms with E-state index in [0.29, 0.717) is 5.56 Å². The molecular formula is C8H5F2N. The summed E-state index contributed by atoms with van der Waals surface area (Å²) in [6.45, 7) is 6.48. The molecule has 0 bridgehead atoms. The predicted molar refractivity (Wildman–Crippen MR) is 36.7 cm³/mol. The molecule has 0 fully saturated rings. The molecule has 56 valence electrons. The maximum atomic E-state index is 12.4. The van der Waals surface area contributed by atoms with Crippen LogP contribution in [0, 0.1) is 18.2 Å². The standard InChI is InChI=1S/C8H5F2N/c1-11-5-6-2-7(9)4-8(10)3-6/h2-4H,5H2. The molecule has 1 aromatic carbocycles. The first-order valence-electron chi connectivity index (χ1n) is 3.00. The molecule has 1 nitrogen and oxygen atoms in total. The van der Waals surface area contributed by atoms with Crippen LogP contribution in [0.2, 0.25) is 0 Å². The highest BCUT2D eigenvalue weighted by molar-refractivity contribution is 5.18. The average molecular weight is 153 g/mol. The lowest BCUT2D eigenvalue weighted by molar-refractivity contribution is 0.580. The fraction of sp³-hybridized carbons (Fsp3) is 0.125. The summed E-state index contributed by atoms with van der Waals surface area (Å²) in [6, 6.07) is 3.09. The fourth-order valence-electron chi connectivity index (χ4n) is 0.794. The van der Waals surface area contributed by atoms with Crippen molar-refractivity contribution in [2.45, 2.75) is 6.54 Å². The molecule has 11 heavy (non-hydrogen) atoms. The summed E-state index contributed by atoms with van der Waals surface area (Å²) in [5.41, 5.74) is 0.373. The normalized spacial score (nSPS) is 9.18. The monoisotopic (exact) mass is 153 g/mol. The molecule has 0 spiro atoms. The Morgan fingerprint density at radius 1 is 1.18 bits per heavy atom. The molecule has 0 aliphatic carbocycles. The number of benzene rings is 1. The summed E-state index contributed by atoms with van der Waals surface area (Å²) < 4.78 is 24.8. The largest absolute Gasteiger partial charge is 0.312 e. The smallest absolute Gasteiger partial charge is 0.239 e. The second-order valence-corrected chi connectivity index (χ2v) is 2.09. The van der Waals surface area contributed by atoms with E-state index in [2.05, 4.69) is 4.85 Å². The van der Waals surface area contributed by atoms with Crippen molar-refractivity contribution in [2.24, 2.45) is 0 Å². The van der Waals surface area contributed by atoms with Crippen LogP contribution in [0.25, 0.3) is 4.85 Å². The van der Waals surface area contributed by atoms with E-state index in [-0.39, 0.29) is 6.54 Å². The Morgan fingerprint density at radius 2 is 1.73 bits per heavy atom. The van der Waals surface area contributed by atoms with Crippen LogP contribution in [0.15, 0.2) is 18.2 Å². The predicted octanol–water partition coefficient (Wildman–Crippen LogP) is 2.38. The minimum Gasteiger partial charge on any atom is -0.312 e. The van der Waals surface area contributed by atoms with Gasteiger partial charge >= 0.3 is 0 Å². The van der Waals surface area contributed by atoms with Gasteiger partial charge < -0.3 is 4.85 Å². The molecule has 0 aliphatic rings. The highest BCUT2D eigenvalue weighted by atomic mass is 19.1. The van der Waals surface area contributed by atoms with Gasteiger partial charge in [-0.05, 0) is 12.1 Å². The molecular weight excluding hydrogens is 148 g/mol. The van der Waals surface area contributed by atoms with Gasteiger partial charge in [-0.1, -0.05) is 0 Å². The first-order chi connectivity index (χ1) is 5.22. The summed E-state index contributed by atoms with van der Waals surface area (Å²) in [7, 11) is 0. The molecule has 1 rings (SSSR count). The third-order valence-electron chi connectivity index (χ3n) is 1.18. The van der Waals surface area contributed by atoms with E-state index in [9.17, 15) is 8.78 Å². The van der Waals surface area contributed by atoms with Crippen molar-refractivity contribution < 1.29 is 8.78 Å². The quantitative estimate of drug-likeness (QED) is 0.545. The number of nitrogens with zero attached hydrogens (tertiary/aromatic N) is 1. The van der Waals surface area contributed by atoms with E-state index in [1.165, 1.54) is 0 Å². The summed E-state index contributed by atoms with van der Waals surface area (Å²) in [4.78, 5) is 3.00. The SMILES string of the molecule is [C-]#[N+]Cc1cc(F)cc(F)c1. The van der Waals surface area contributed by atoms with Gasteiger partial charge in [-0.2, -0.15) is 0 Å². The zero-order valence-corrected chi connectivity index (χ0v) is 5.64. The Kier molecular flexibility index (Phi) is 2.17. The molecule has 0 heterocycles. The third-order valence-corrected chi connectivity index (χ3v) is 1.18. The van der Waals surface area contributed by atoms with Gasteiger partial charge in [-0.3, -0.25) is 0 Å². The van der Waals surface area contributed by atoms with Gasteiger partial charge in [0.2, 0.25) is 6.54 Å². The van der Waals surface area contributed by atoms with Crippen molar-refractivity contribution in [2.75, 3.05) is 0 Å². The summed E-state index contributed by atoms with van der Waals surface area (Å²) in [6.07, 6.45) is 0. The Balaban J connectivity index is 3.01. The van der Waals surface area contributed by atoms with E-state index in [1.807, 2.05) is 0 Å². The molecule has 0 radical (unpaired) electrons. The first-order valence-corrected chi connectivity index (χ1v) is 3.00. The van der Waals surface area contributed by atoms with Crippen LogP contribution in [-0.4, -0.2) is 0 Å². The average Bonchev–Trinajstić information content (AvgIpc) is 1.85. The highest BCUT2D eigenvalue weighted by Crippen LogP contribution is 2.08. The maximum absolute atomic E-state index is 12.4. The van der Waals surface area contributed by atoms with Crippen molar-refractivity contribution in [3.63, 3.8) is 0 Å². The number of halogens is 2. The van der Waals surface area contributed by atoms with Crippen LogP contribution in [0.5, 0.6) is 0 Å². The molecule has 0 aromatic heterocycles. The van der Waals surface area contributed by atoms with Crippen LogP contribution in [0.4, 0.5) is 8.78 Å². The minimum atomic E-state index is -0.636. The zero-order valence-electron chi connectivity index (χ0n) is 5.64. The van der Waals surface area contributed by atoms with Gasteiger partial charge in [-0.15, -0.1) is 0 Å². The molecule has 0 amide bonds. The molecule has 0 saturated heterocycles. The lowest BCUT2D eigenvalue weighted by atomic mass is 10.2. The van der Waals surface area contributed by atoms with Crippen LogP contribution in [-0.2, 0) is 6.54 Å². The Labute approximate surface area is 63.1 Å². The molecule has 1 aromatic rings. The number of hydrogen-bond donors (Lipinski definition) is 0. The highest BCUT2D eigenvalue weighted by Gasteiger charge is 2.00. The summed E-state index contributed by atoms with van der Waals surface area (Å²) in [5, 5.41) is 0. The van der Waals surface area contributed by atoms with Crippen molar-refractivity contribution in [3.8, 4) is 0 Å². The number of rotatable bonds is 1. The summed E-state index contributed by atoms with van der Waals surface area (Å²) in [5.74, 6) is -1.27. The topological polar surface area (TPSA) is 4.36 Å². The molecule has 0 N–H and O–H groups in total. The second kappa shape index (κ2) is 3.11. The van der Waals surface area contributed by atoms with Crippen LogP contribution in [0.3, 0.4) is 0 Å². The van der Waals surface area contributed by atoms with Crippen LogP contribution in [0.1, 0.15) is 5.56 Å². The molecule has 0 saturated carbocycles. The molecule has 0 aliphatic heterocycles. The second-order valence-electron chi connectivity index (χ2n) is 2.09. The Bertz CT molecular complexity index is 281. The van der Waals surface area contributed by atoms with Gasteiger partial charge in [0.05, 0.1) is 0 Å². The van der Waals surface area contributed by atoms with Gasteiger partial charge in [0.25, 0.3) is 0 Å². The first kappa shape index (κ1) is 7.67.